The Morgan fingerprint density at radius 2 is 2.09 bits per heavy atom. The lowest BCUT2D eigenvalue weighted by Crippen LogP contribution is -2.29. The number of pyridine rings is 1. The Morgan fingerprint density at radius 3 is 2.88 bits per heavy atom. The maximum atomic E-state index is 12.3. The van der Waals surface area contributed by atoms with E-state index in [2.05, 4.69) is 30.9 Å². The van der Waals surface area contributed by atoms with E-state index in [0.29, 0.717) is 36.1 Å². The summed E-state index contributed by atoms with van der Waals surface area (Å²) in [5.41, 5.74) is 10.9. The van der Waals surface area contributed by atoms with Crippen LogP contribution in [-0.4, -0.2) is 40.0 Å². The molecular weight excluding hydrogens is 426 g/mol. The van der Waals surface area contributed by atoms with E-state index in [9.17, 15) is 4.79 Å². The van der Waals surface area contributed by atoms with Crippen LogP contribution in [0.2, 0.25) is 0 Å². The SMILES string of the molecule is Cc1oc(-c2cnc(Nc3ccc4ncsc4c3)cc2NC(C)C)nc1C(=O)NCCN. The van der Waals surface area contributed by atoms with Gasteiger partial charge in [-0.05, 0) is 39.0 Å². The van der Waals surface area contributed by atoms with E-state index >= 15 is 0 Å². The number of hydrogen-bond donors (Lipinski definition) is 4. The number of amides is 1. The fraction of sp³-hybridized carbons (Fsp3) is 0.273. The van der Waals surface area contributed by atoms with E-state index in [1.165, 1.54) is 0 Å². The maximum Gasteiger partial charge on any atom is 0.273 e. The van der Waals surface area contributed by atoms with Gasteiger partial charge in [0.15, 0.2) is 5.69 Å². The first-order valence-electron chi connectivity index (χ1n) is 10.3. The third-order valence-electron chi connectivity index (χ3n) is 4.62. The van der Waals surface area contributed by atoms with E-state index in [1.807, 2.05) is 43.6 Å². The maximum absolute atomic E-state index is 12.3. The van der Waals surface area contributed by atoms with Gasteiger partial charge in [-0.3, -0.25) is 4.79 Å². The first-order valence-corrected chi connectivity index (χ1v) is 11.2. The molecular formula is C22H25N7O2S. The van der Waals surface area contributed by atoms with E-state index in [1.54, 1.807) is 24.5 Å². The molecule has 32 heavy (non-hydrogen) atoms. The molecule has 3 aromatic heterocycles. The lowest BCUT2D eigenvalue weighted by Gasteiger charge is -2.15. The molecule has 5 N–H and O–H groups in total. The van der Waals surface area contributed by atoms with Crippen LogP contribution in [0.5, 0.6) is 0 Å². The van der Waals surface area contributed by atoms with Crippen LogP contribution in [0, 0.1) is 6.92 Å². The van der Waals surface area contributed by atoms with Gasteiger partial charge in [-0.15, -0.1) is 11.3 Å². The number of nitrogens with two attached hydrogens (primary N) is 1. The molecule has 0 bridgehead atoms. The normalized spacial score (nSPS) is 11.2. The standard InChI is InChI=1S/C22H25N7O2S/c1-12(2)27-17-9-19(28-14-4-5-16-18(8-14)32-11-26-16)25-10-15(17)22-29-20(13(3)31-22)21(30)24-7-6-23/h4-5,8-12H,6-7,23H2,1-3H3,(H,24,30)(H2,25,27,28). The minimum atomic E-state index is -0.314. The summed E-state index contributed by atoms with van der Waals surface area (Å²) in [4.78, 5) is 25.6. The number of carbonyl (C=O) groups excluding carboxylic acids is 1. The van der Waals surface area contributed by atoms with Crippen molar-refractivity contribution in [1.29, 1.82) is 0 Å². The highest BCUT2D eigenvalue weighted by molar-refractivity contribution is 7.16. The molecule has 10 heteroatoms. The minimum absolute atomic E-state index is 0.168. The zero-order valence-corrected chi connectivity index (χ0v) is 18.9. The number of aryl methyl sites for hydroxylation is 1. The van der Waals surface area contributed by atoms with Gasteiger partial charge in [-0.2, -0.15) is 0 Å². The van der Waals surface area contributed by atoms with Crippen molar-refractivity contribution in [3.8, 4) is 11.5 Å². The average Bonchev–Trinajstić information content (AvgIpc) is 3.38. The van der Waals surface area contributed by atoms with Gasteiger partial charge in [0.05, 0.1) is 27.0 Å². The summed E-state index contributed by atoms with van der Waals surface area (Å²) in [6.07, 6.45) is 1.69. The number of carbonyl (C=O) groups is 1. The number of rotatable bonds is 8. The Labute approximate surface area is 189 Å². The number of nitrogens with zero attached hydrogens (tertiary/aromatic N) is 3. The molecule has 0 atom stereocenters. The summed E-state index contributed by atoms with van der Waals surface area (Å²) in [6, 6.07) is 8.06. The molecule has 0 spiro atoms. The van der Waals surface area contributed by atoms with Crippen LogP contribution in [0.3, 0.4) is 0 Å². The summed E-state index contributed by atoms with van der Waals surface area (Å²) in [7, 11) is 0. The highest BCUT2D eigenvalue weighted by atomic mass is 32.1. The summed E-state index contributed by atoms with van der Waals surface area (Å²) >= 11 is 1.59. The third-order valence-corrected chi connectivity index (χ3v) is 5.42. The number of hydrogen-bond acceptors (Lipinski definition) is 9. The lowest BCUT2D eigenvalue weighted by atomic mass is 10.2. The lowest BCUT2D eigenvalue weighted by molar-refractivity contribution is 0.0949. The Bertz CT molecular complexity index is 1250. The van der Waals surface area contributed by atoms with Gasteiger partial charge >= 0.3 is 0 Å². The topological polar surface area (TPSA) is 131 Å². The number of benzene rings is 1. The van der Waals surface area contributed by atoms with Gasteiger partial charge < -0.3 is 26.1 Å². The predicted molar refractivity (Wildman–Crippen MR) is 128 cm³/mol. The van der Waals surface area contributed by atoms with Gasteiger partial charge in [-0.1, -0.05) is 0 Å². The van der Waals surface area contributed by atoms with Crippen LogP contribution < -0.4 is 21.7 Å². The van der Waals surface area contributed by atoms with Gasteiger partial charge in [-0.25, -0.2) is 15.0 Å². The Hall–Kier alpha value is -3.50. The van der Waals surface area contributed by atoms with Gasteiger partial charge in [0.1, 0.15) is 11.6 Å². The van der Waals surface area contributed by atoms with Crippen molar-refractivity contribution in [3.05, 3.63) is 47.4 Å². The second-order valence-corrected chi connectivity index (χ2v) is 8.43. The van der Waals surface area contributed by atoms with Crippen molar-refractivity contribution in [2.75, 3.05) is 23.7 Å². The minimum Gasteiger partial charge on any atom is -0.440 e. The largest absolute Gasteiger partial charge is 0.440 e. The summed E-state index contributed by atoms with van der Waals surface area (Å²) in [5.74, 6) is 1.12. The van der Waals surface area contributed by atoms with E-state index < -0.39 is 0 Å². The molecule has 3 heterocycles. The second kappa shape index (κ2) is 9.33. The van der Waals surface area contributed by atoms with Crippen molar-refractivity contribution in [2.45, 2.75) is 26.8 Å². The van der Waals surface area contributed by atoms with Crippen LogP contribution in [0.1, 0.15) is 30.1 Å². The van der Waals surface area contributed by atoms with Gasteiger partial charge in [0, 0.05) is 37.1 Å². The average molecular weight is 452 g/mol. The fourth-order valence-corrected chi connectivity index (χ4v) is 3.91. The number of thiazole rings is 1. The Morgan fingerprint density at radius 1 is 1.25 bits per heavy atom. The zero-order chi connectivity index (χ0) is 22.7. The van der Waals surface area contributed by atoms with Crippen molar-refractivity contribution >= 4 is 44.7 Å². The Balaban J connectivity index is 1.64. The van der Waals surface area contributed by atoms with Crippen molar-refractivity contribution < 1.29 is 9.21 Å². The molecule has 4 aromatic rings. The molecule has 0 fully saturated rings. The smallest absolute Gasteiger partial charge is 0.273 e. The highest BCUT2D eigenvalue weighted by Gasteiger charge is 2.20. The van der Waals surface area contributed by atoms with Gasteiger partial charge in [0.25, 0.3) is 5.91 Å². The first kappa shape index (κ1) is 21.7. The number of aromatic nitrogens is 3. The fourth-order valence-electron chi connectivity index (χ4n) is 3.20. The first-order chi connectivity index (χ1) is 15.4. The molecule has 0 aliphatic carbocycles. The molecule has 0 saturated carbocycles. The molecule has 1 aromatic carbocycles. The zero-order valence-electron chi connectivity index (χ0n) is 18.1. The molecule has 0 aliphatic heterocycles. The van der Waals surface area contributed by atoms with E-state index in [0.717, 1.165) is 21.6 Å². The molecule has 0 saturated heterocycles. The number of fused-ring (bicyclic) bond motifs is 1. The molecule has 0 unspecified atom stereocenters. The van der Waals surface area contributed by atoms with Crippen molar-refractivity contribution in [3.63, 3.8) is 0 Å². The van der Waals surface area contributed by atoms with Crippen LogP contribution in [0.25, 0.3) is 21.7 Å². The summed E-state index contributed by atoms with van der Waals surface area (Å²) < 4.78 is 6.91. The van der Waals surface area contributed by atoms with Crippen molar-refractivity contribution in [2.24, 2.45) is 5.73 Å². The highest BCUT2D eigenvalue weighted by Crippen LogP contribution is 2.32. The molecule has 4 rings (SSSR count). The van der Waals surface area contributed by atoms with E-state index in [-0.39, 0.29) is 17.6 Å². The molecule has 166 valence electrons. The van der Waals surface area contributed by atoms with Crippen molar-refractivity contribution in [1.82, 2.24) is 20.3 Å². The molecule has 1 amide bonds. The summed E-state index contributed by atoms with van der Waals surface area (Å²) in [6.45, 7) is 6.52. The molecule has 9 nitrogen and oxygen atoms in total. The summed E-state index contributed by atoms with van der Waals surface area (Å²) in [5, 5.41) is 9.46. The second-order valence-electron chi connectivity index (χ2n) is 7.54. The van der Waals surface area contributed by atoms with E-state index in [4.69, 9.17) is 10.2 Å². The molecule has 0 radical (unpaired) electrons. The number of oxazole rings is 1. The quantitative estimate of drug-likeness (QED) is 0.317. The number of anilines is 3. The predicted octanol–water partition coefficient (Wildman–Crippen LogP) is 3.91. The van der Waals surface area contributed by atoms with Crippen LogP contribution in [0.15, 0.2) is 40.4 Å². The number of nitrogens with one attached hydrogen (secondary N) is 3. The molecule has 0 aliphatic rings. The van der Waals surface area contributed by atoms with Crippen LogP contribution >= 0.6 is 11.3 Å². The monoisotopic (exact) mass is 451 g/mol. The van der Waals surface area contributed by atoms with Crippen LogP contribution in [0.4, 0.5) is 17.2 Å². The third kappa shape index (κ3) is 4.71. The van der Waals surface area contributed by atoms with Gasteiger partial charge in [0.2, 0.25) is 5.89 Å². The van der Waals surface area contributed by atoms with Crippen LogP contribution in [-0.2, 0) is 0 Å². The Kier molecular flexibility index (Phi) is 6.33.